The van der Waals surface area contributed by atoms with Crippen LogP contribution in [0.3, 0.4) is 0 Å². The number of hydrogen-bond acceptors (Lipinski definition) is 6. The van der Waals surface area contributed by atoms with Crippen molar-refractivity contribution in [3.05, 3.63) is 59.5 Å². The van der Waals surface area contributed by atoms with Crippen molar-refractivity contribution in [2.24, 2.45) is 7.05 Å². The molecule has 0 radical (unpaired) electrons. The van der Waals surface area contributed by atoms with Crippen molar-refractivity contribution in [3.8, 4) is 11.1 Å². The van der Waals surface area contributed by atoms with Gasteiger partial charge in [0.25, 0.3) is 0 Å². The second-order valence-electron chi connectivity index (χ2n) is 7.47. The number of aryl methyl sites for hydroxylation is 3. The summed E-state index contributed by atoms with van der Waals surface area (Å²) in [6.45, 7) is 5.83. The molecule has 0 saturated heterocycles. The Labute approximate surface area is 185 Å². The van der Waals surface area contributed by atoms with Crippen LogP contribution in [0.4, 0.5) is 5.82 Å². The molecule has 0 fully saturated rings. The van der Waals surface area contributed by atoms with Crippen molar-refractivity contribution in [1.82, 2.24) is 24.5 Å². The number of anilines is 1. The first kappa shape index (κ1) is 21.2. The largest absolute Gasteiger partial charge is 0.462 e. The number of benzene rings is 1. The van der Waals surface area contributed by atoms with Crippen LogP contribution in [0.2, 0.25) is 0 Å². The van der Waals surface area contributed by atoms with Gasteiger partial charge >= 0.3 is 5.97 Å². The molecule has 9 heteroatoms. The molecular weight excluding hydrogens is 408 g/mol. The minimum Gasteiger partial charge on any atom is -0.462 e. The molecule has 1 aromatic carbocycles. The minimum atomic E-state index is -0.541. The van der Waals surface area contributed by atoms with E-state index in [2.05, 4.69) is 44.8 Å². The molecule has 0 aliphatic carbocycles. The van der Waals surface area contributed by atoms with E-state index >= 15 is 0 Å². The summed E-state index contributed by atoms with van der Waals surface area (Å²) in [5, 5.41) is 12.2. The zero-order chi connectivity index (χ0) is 22.8. The number of aromatic nitrogens is 5. The summed E-state index contributed by atoms with van der Waals surface area (Å²) < 4.78 is 8.02. The normalized spacial score (nSPS) is 11.0. The van der Waals surface area contributed by atoms with Gasteiger partial charge in [0.2, 0.25) is 5.91 Å². The number of nitrogens with one attached hydrogen (secondary N) is 1. The molecule has 4 aromatic rings. The van der Waals surface area contributed by atoms with E-state index in [1.54, 1.807) is 24.9 Å². The van der Waals surface area contributed by atoms with Crippen LogP contribution in [0.5, 0.6) is 0 Å². The van der Waals surface area contributed by atoms with Gasteiger partial charge in [0.05, 0.1) is 18.5 Å². The zero-order valence-electron chi connectivity index (χ0n) is 18.4. The Morgan fingerprint density at radius 1 is 1.12 bits per heavy atom. The zero-order valence-corrected chi connectivity index (χ0v) is 18.4. The topological polar surface area (TPSA) is 104 Å². The Morgan fingerprint density at radius 3 is 2.59 bits per heavy atom. The van der Waals surface area contributed by atoms with Crippen LogP contribution in [0.15, 0.2) is 42.7 Å². The van der Waals surface area contributed by atoms with Gasteiger partial charge in [0, 0.05) is 18.6 Å². The highest BCUT2D eigenvalue weighted by Crippen LogP contribution is 2.30. The first-order chi connectivity index (χ1) is 15.4. The number of hydrogen-bond donors (Lipinski definition) is 1. The predicted octanol–water partition coefficient (Wildman–Crippen LogP) is 3.26. The highest BCUT2D eigenvalue weighted by molar-refractivity contribution is 6.00. The van der Waals surface area contributed by atoms with Gasteiger partial charge in [-0.15, -0.1) is 0 Å². The number of nitrogens with zero attached hydrogens (tertiary/aromatic N) is 5. The standard InChI is InChI=1S/C23H24N6O3/c1-5-32-23(31)18-12-25-28(4)21(18)26-19(30)13-29-22-20(15(3)27-29)17(10-11-24-22)16-8-6-14(2)7-9-16/h6-12H,5,13H2,1-4H3,(H,26,30). The van der Waals surface area contributed by atoms with Crippen LogP contribution < -0.4 is 5.32 Å². The summed E-state index contributed by atoms with van der Waals surface area (Å²) in [5.41, 5.74) is 4.85. The molecule has 0 saturated carbocycles. The van der Waals surface area contributed by atoms with Gasteiger partial charge in [0.1, 0.15) is 17.9 Å². The van der Waals surface area contributed by atoms with Gasteiger partial charge in [-0.1, -0.05) is 29.8 Å². The van der Waals surface area contributed by atoms with Gasteiger partial charge in [-0.3, -0.25) is 9.48 Å². The lowest BCUT2D eigenvalue weighted by atomic mass is 10.0. The number of esters is 1. The third-order valence-corrected chi connectivity index (χ3v) is 5.16. The van der Waals surface area contributed by atoms with Crippen molar-refractivity contribution < 1.29 is 14.3 Å². The third-order valence-electron chi connectivity index (χ3n) is 5.16. The van der Waals surface area contributed by atoms with Crippen molar-refractivity contribution >= 4 is 28.7 Å². The summed E-state index contributed by atoms with van der Waals surface area (Å²) in [7, 11) is 1.64. The summed E-state index contributed by atoms with van der Waals surface area (Å²) >= 11 is 0. The number of rotatable bonds is 6. The van der Waals surface area contributed by atoms with Crippen molar-refractivity contribution in [2.75, 3.05) is 11.9 Å². The summed E-state index contributed by atoms with van der Waals surface area (Å²) in [4.78, 5) is 29.4. The average Bonchev–Trinajstić information content (AvgIpc) is 3.28. The van der Waals surface area contributed by atoms with E-state index in [1.165, 1.54) is 16.4 Å². The molecule has 0 atom stereocenters. The van der Waals surface area contributed by atoms with Crippen molar-refractivity contribution in [3.63, 3.8) is 0 Å². The minimum absolute atomic E-state index is 0.0673. The van der Waals surface area contributed by atoms with Crippen molar-refractivity contribution in [1.29, 1.82) is 0 Å². The molecule has 0 aliphatic heterocycles. The fourth-order valence-corrected chi connectivity index (χ4v) is 3.62. The van der Waals surface area contributed by atoms with Crippen LogP contribution in [-0.2, 0) is 23.1 Å². The quantitative estimate of drug-likeness (QED) is 0.469. The second-order valence-corrected chi connectivity index (χ2v) is 7.47. The lowest BCUT2D eigenvalue weighted by molar-refractivity contribution is -0.116. The Kier molecular flexibility index (Phi) is 5.72. The van der Waals surface area contributed by atoms with E-state index in [0.29, 0.717) is 5.65 Å². The molecule has 164 valence electrons. The number of carbonyl (C=O) groups is 2. The van der Waals surface area contributed by atoms with Crippen LogP contribution in [0, 0.1) is 13.8 Å². The second kappa shape index (κ2) is 8.62. The smallest absolute Gasteiger partial charge is 0.343 e. The fraction of sp³-hybridized carbons (Fsp3) is 0.261. The highest BCUT2D eigenvalue weighted by atomic mass is 16.5. The van der Waals surface area contributed by atoms with Crippen LogP contribution >= 0.6 is 0 Å². The molecule has 0 bridgehead atoms. The molecule has 1 N–H and O–H groups in total. The first-order valence-electron chi connectivity index (χ1n) is 10.3. The molecular formula is C23H24N6O3. The van der Waals surface area contributed by atoms with Crippen LogP contribution in [-0.4, -0.2) is 43.0 Å². The number of ether oxygens (including phenoxy) is 1. The Balaban J connectivity index is 1.63. The molecule has 1 amide bonds. The summed E-state index contributed by atoms with van der Waals surface area (Å²) in [6, 6.07) is 10.2. The highest BCUT2D eigenvalue weighted by Gasteiger charge is 2.21. The number of carbonyl (C=O) groups excluding carboxylic acids is 2. The predicted molar refractivity (Wildman–Crippen MR) is 120 cm³/mol. The van der Waals surface area contributed by atoms with E-state index in [1.807, 2.05) is 19.9 Å². The van der Waals surface area contributed by atoms with Crippen LogP contribution in [0.1, 0.15) is 28.5 Å². The molecule has 0 aliphatic rings. The number of pyridine rings is 1. The van der Waals surface area contributed by atoms with Crippen LogP contribution in [0.25, 0.3) is 22.2 Å². The Hall–Kier alpha value is -4.01. The van der Waals surface area contributed by atoms with Gasteiger partial charge in [-0.2, -0.15) is 10.2 Å². The van der Waals surface area contributed by atoms with Crippen molar-refractivity contribution in [2.45, 2.75) is 27.3 Å². The Bertz CT molecular complexity index is 1300. The van der Waals surface area contributed by atoms with Gasteiger partial charge < -0.3 is 10.1 Å². The fourth-order valence-electron chi connectivity index (χ4n) is 3.62. The lowest BCUT2D eigenvalue weighted by Crippen LogP contribution is -2.22. The van der Waals surface area contributed by atoms with Gasteiger partial charge in [-0.25, -0.2) is 14.5 Å². The van der Waals surface area contributed by atoms with E-state index in [9.17, 15) is 9.59 Å². The maximum atomic E-state index is 12.8. The number of fused-ring (bicyclic) bond motifs is 1. The molecule has 0 spiro atoms. The summed E-state index contributed by atoms with van der Waals surface area (Å²) in [6.07, 6.45) is 3.09. The van der Waals surface area contributed by atoms with Gasteiger partial charge in [-0.05, 0) is 38.0 Å². The van der Waals surface area contributed by atoms with E-state index in [-0.39, 0.29) is 30.4 Å². The van der Waals surface area contributed by atoms with E-state index in [0.717, 1.165) is 22.2 Å². The third kappa shape index (κ3) is 3.96. The Morgan fingerprint density at radius 2 is 1.88 bits per heavy atom. The summed E-state index contributed by atoms with van der Waals surface area (Å²) in [5.74, 6) is -0.623. The molecule has 0 unspecified atom stereocenters. The number of amides is 1. The molecule has 3 aromatic heterocycles. The van der Waals surface area contributed by atoms with E-state index in [4.69, 9.17) is 4.74 Å². The molecule has 9 nitrogen and oxygen atoms in total. The maximum Gasteiger partial charge on any atom is 0.343 e. The van der Waals surface area contributed by atoms with E-state index < -0.39 is 5.97 Å². The molecule has 4 rings (SSSR count). The SMILES string of the molecule is CCOC(=O)c1cnn(C)c1NC(=O)Cn1nc(C)c2c(-c3ccc(C)cc3)ccnc21. The van der Waals surface area contributed by atoms with Gasteiger partial charge in [0.15, 0.2) is 5.65 Å². The first-order valence-corrected chi connectivity index (χ1v) is 10.3. The maximum absolute atomic E-state index is 12.8. The molecule has 32 heavy (non-hydrogen) atoms. The average molecular weight is 432 g/mol. The molecule has 3 heterocycles. The monoisotopic (exact) mass is 432 g/mol. The lowest BCUT2D eigenvalue weighted by Gasteiger charge is -2.09.